The molecule has 0 spiro atoms. The number of para-hydroxylation sites is 1. The molecular weight excluding hydrogens is 276 g/mol. The summed E-state index contributed by atoms with van der Waals surface area (Å²) in [5.74, 6) is 2.94. The second-order valence-electron chi connectivity index (χ2n) is 6.73. The molecule has 0 radical (unpaired) electrons. The van der Waals surface area contributed by atoms with Crippen LogP contribution in [0.1, 0.15) is 77.3 Å². The molecule has 0 aliphatic heterocycles. The van der Waals surface area contributed by atoms with Crippen molar-refractivity contribution in [2.24, 2.45) is 5.41 Å². The van der Waals surface area contributed by atoms with Gasteiger partial charge in [-0.15, -0.1) is 0 Å². The van der Waals surface area contributed by atoms with Crippen LogP contribution in [0, 0.1) is 5.41 Å². The van der Waals surface area contributed by atoms with Gasteiger partial charge in [0.2, 0.25) is 0 Å². The zero-order valence-corrected chi connectivity index (χ0v) is 15.5. The van der Waals surface area contributed by atoms with E-state index in [2.05, 4.69) is 72.4 Å². The van der Waals surface area contributed by atoms with Crippen LogP contribution in [0.4, 0.5) is 0 Å². The summed E-state index contributed by atoms with van der Waals surface area (Å²) in [6.45, 7) is 14.2. The highest BCUT2D eigenvalue weighted by atomic mass is 32.1. The standard InChI is InChI=1S/C19H32OS/c1-7-19(8-2,13-21)12-20-18-16(14(3)4)10-9-11-17(18)15(5)6/h9-11,14-15,21H,7-8,12-13H2,1-6H3. The second kappa shape index (κ2) is 8.12. The molecule has 0 saturated heterocycles. The van der Waals surface area contributed by atoms with Crippen LogP contribution in [0.25, 0.3) is 0 Å². The van der Waals surface area contributed by atoms with Crippen LogP contribution in [-0.2, 0) is 0 Å². The van der Waals surface area contributed by atoms with Gasteiger partial charge in [-0.1, -0.05) is 59.7 Å². The van der Waals surface area contributed by atoms with Crippen molar-refractivity contribution in [1.29, 1.82) is 0 Å². The fourth-order valence-corrected chi connectivity index (χ4v) is 3.14. The Morgan fingerprint density at radius 3 is 1.81 bits per heavy atom. The Bertz CT molecular complexity index is 399. The predicted molar refractivity (Wildman–Crippen MR) is 97.0 cm³/mol. The summed E-state index contributed by atoms with van der Waals surface area (Å²) in [5, 5.41) is 0. The quantitative estimate of drug-likeness (QED) is 0.575. The second-order valence-corrected chi connectivity index (χ2v) is 7.05. The van der Waals surface area contributed by atoms with Crippen LogP contribution >= 0.6 is 12.6 Å². The van der Waals surface area contributed by atoms with Gasteiger partial charge in [-0.25, -0.2) is 0 Å². The Morgan fingerprint density at radius 2 is 1.48 bits per heavy atom. The first-order chi connectivity index (χ1) is 9.90. The first-order valence-corrected chi connectivity index (χ1v) is 8.90. The highest BCUT2D eigenvalue weighted by Gasteiger charge is 2.27. The normalized spacial score (nSPS) is 12.2. The molecule has 1 rings (SSSR count). The molecule has 0 unspecified atom stereocenters. The van der Waals surface area contributed by atoms with E-state index in [1.807, 2.05) is 0 Å². The van der Waals surface area contributed by atoms with E-state index in [1.165, 1.54) is 11.1 Å². The van der Waals surface area contributed by atoms with Crippen LogP contribution in [0.15, 0.2) is 18.2 Å². The largest absolute Gasteiger partial charge is 0.492 e. The Kier molecular flexibility index (Phi) is 7.12. The Hall–Kier alpha value is -0.630. The SMILES string of the molecule is CCC(CC)(CS)COc1c(C(C)C)cccc1C(C)C. The maximum Gasteiger partial charge on any atom is 0.126 e. The lowest BCUT2D eigenvalue weighted by Gasteiger charge is -2.31. The first-order valence-electron chi connectivity index (χ1n) is 8.27. The molecule has 1 nitrogen and oxygen atoms in total. The van der Waals surface area contributed by atoms with E-state index in [4.69, 9.17) is 4.74 Å². The summed E-state index contributed by atoms with van der Waals surface area (Å²) >= 11 is 4.56. The summed E-state index contributed by atoms with van der Waals surface area (Å²) < 4.78 is 6.38. The third-order valence-corrected chi connectivity index (χ3v) is 5.35. The Labute approximate surface area is 136 Å². The van der Waals surface area contributed by atoms with Crippen molar-refractivity contribution in [2.45, 2.75) is 66.2 Å². The molecule has 0 saturated carbocycles. The van der Waals surface area contributed by atoms with Gasteiger partial charge in [0.15, 0.2) is 0 Å². The van der Waals surface area contributed by atoms with Gasteiger partial charge in [0.1, 0.15) is 5.75 Å². The van der Waals surface area contributed by atoms with E-state index in [-0.39, 0.29) is 5.41 Å². The number of hydrogen-bond acceptors (Lipinski definition) is 2. The average molecular weight is 309 g/mol. The molecule has 21 heavy (non-hydrogen) atoms. The van der Waals surface area contributed by atoms with Gasteiger partial charge in [0, 0.05) is 5.41 Å². The molecule has 0 aromatic heterocycles. The van der Waals surface area contributed by atoms with Crippen molar-refractivity contribution in [2.75, 3.05) is 12.4 Å². The zero-order valence-electron chi connectivity index (χ0n) is 14.6. The maximum absolute atomic E-state index is 6.38. The number of benzene rings is 1. The molecule has 0 aliphatic carbocycles. The fourth-order valence-electron chi connectivity index (χ4n) is 2.60. The summed E-state index contributed by atoms with van der Waals surface area (Å²) in [6.07, 6.45) is 2.21. The Morgan fingerprint density at radius 1 is 1.00 bits per heavy atom. The molecule has 0 heterocycles. The van der Waals surface area contributed by atoms with E-state index in [0.717, 1.165) is 31.0 Å². The molecule has 2 heteroatoms. The van der Waals surface area contributed by atoms with Crippen molar-refractivity contribution in [3.05, 3.63) is 29.3 Å². The lowest BCUT2D eigenvalue weighted by Crippen LogP contribution is -2.29. The lowest BCUT2D eigenvalue weighted by molar-refractivity contribution is 0.154. The summed E-state index contributed by atoms with van der Waals surface area (Å²) in [4.78, 5) is 0. The molecule has 120 valence electrons. The monoisotopic (exact) mass is 308 g/mol. The highest BCUT2D eigenvalue weighted by Crippen LogP contribution is 2.37. The van der Waals surface area contributed by atoms with Crippen LogP contribution < -0.4 is 4.74 Å². The third kappa shape index (κ3) is 4.42. The molecule has 0 fully saturated rings. The van der Waals surface area contributed by atoms with E-state index in [9.17, 15) is 0 Å². The van der Waals surface area contributed by atoms with Crippen LogP contribution in [-0.4, -0.2) is 12.4 Å². The van der Waals surface area contributed by atoms with Crippen molar-refractivity contribution in [1.82, 2.24) is 0 Å². The number of thiol groups is 1. The number of ether oxygens (including phenoxy) is 1. The molecular formula is C19H32OS. The van der Waals surface area contributed by atoms with Crippen molar-refractivity contribution in [3.8, 4) is 5.75 Å². The van der Waals surface area contributed by atoms with Gasteiger partial charge in [0.25, 0.3) is 0 Å². The van der Waals surface area contributed by atoms with Gasteiger partial charge in [-0.2, -0.15) is 12.6 Å². The molecule has 0 atom stereocenters. The minimum atomic E-state index is 0.182. The topological polar surface area (TPSA) is 9.23 Å². The van der Waals surface area contributed by atoms with Crippen LogP contribution in [0.3, 0.4) is 0 Å². The lowest BCUT2D eigenvalue weighted by atomic mass is 9.85. The summed E-state index contributed by atoms with van der Waals surface area (Å²) in [5.41, 5.74) is 2.82. The predicted octanol–water partition coefficient (Wildman–Crippen LogP) is 6.05. The Balaban J connectivity index is 3.11. The minimum absolute atomic E-state index is 0.182. The van der Waals surface area contributed by atoms with Crippen molar-refractivity contribution < 1.29 is 4.74 Å². The summed E-state index contributed by atoms with van der Waals surface area (Å²) in [7, 11) is 0. The third-order valence-electron chi connectivity index (χ3n) is 4.68. The number of hydrogen-bond donors (Lipinski definition) is 1. The first kappa shape index (κ1) is 18.4. The van der Waals surface area contributed by atoms with E-state index < -0.39 is 0 Å². The fraction of sp³-hybridized carbons (Fsp3) is 0.684. The van der Waals surface area contributed by atoms with Gasteiger partial charge < -0.3 is 4.74 Å². The zero-order chi connectivity index (χ0) is 16.0. The summed E-state index contributed by atoms with van der Waals surface area (Å²) in [6, 6.07) is 6.56. The van der Waals surface area contributed by atoms with Gasteiger partial charge >= 0.3 is 0 Å². The molecule has 1 aromatic carbocycles. The van der Waals surface area contributed by atoms with E-state index in [1.54, 1.807) is 0 Å². The maximum atomic E-state index is 6.38. The van der Waals surface area contributed by atoms with Crippen molar-refractivity contribution in [3.63, 3.8) is 0 Å². The number of rotatable bonds is 8. The van der Waals surface area contributed by atoms with E-state index in [0.29, 0.717) is 11.8 Å². The smallest absolute Gasteiger partial charge is 0.126 e. The minimum Gasteiger partial charge on any atom is -0.492 e. The van der Waals surface area contributed by atoms with Gasteiger partial charge in [-0.3, -0.25) is 0 Å². The highest BCUT2D eigenvalue weighted by molar-refractivity contribution is 7.80. The van der Waals surface area contributed by atoms with E-state index >= 15 is 0 Å². The molecule has 1 aromatic rings. The van der Waals surface area contributed by atoms with Gasteiger partial charge in [0.05, 0.1) is 6.61 Å². The van der Waals surface area contributed by atoms with Crippen LogP contribution in [0.2, 0.25) is 0 Å². The molecule has 0 N–H and O–H groups in total. The van der Waals surface area contributed by atoms with Crippen molar-refractivity contribution >= 4 is 12.6 Å². The van der Waals surface area contributed by atoms with Gasteiger partial charge in [-0.05, 0) is 41.6 Å². The van der Waals surface area contributed by atoms with Crippen LogP contribution in [0.5, 0.6) is 5.75 Å². The average Bonchev–Trinajstić information content (AvgIpc) is 2.48. The molecule has 0 aliphatic rings. The molecule has 0 bridgehead atoms. The molecule has 0 amide bonds.